The fraction of sp³-hybridized carbons (Fsp3) is 0.316. The monoisotopic (exact) mass is 346 g/mol. The molecule has 0 aliphatic carbocycles. The fourth-order valence-corrected chi connectivity index (χ4v) is 2.32. The predicted octanol–water partition coefficient (Wildman–Crippen LogP) is 2.47. The Morgan fingerprint density at radius 3 is 2.36 bits per heavy atom. The molecule has 0 heterocycles. The highest BCUT2D eigenvalue weighted by Crippen LogP contribution is 2.24. The van der Waals surface area contributed by atoms with Gasteiger partial charge in [-0.05, 0) is 35.4 Å². The average Bonchev–Trinajstić information content (AvgIpc) is 2.64. The van der Waals surface area contributed by atoms with Crippen LogP contribution in [0.15, 0.2) is 42.5 Å². The van der Waals surface area contributed by atoms with Crippen LogP contribution in [0.1, 0.15) is 10.4 Å². The van der Waals surface area contributed by atoms with E-state index in [1.165, 1.54) is 12.1 Å². The first-order chi connectivity index (χ1) is 12.2. The standard InChI is InChI=1S/C19H23FN2O3/c1-24-12-11-21-9-10-22-19(23)17-8-5-15(13-18(17)20)14-3-6-16(25-2)7-4-14/h3-8,13,21H,9-12H2,1-2H3,(H,22,23). The zero-order chi connectivity index (χ0) is 18.1. The van der Waals surface area contributed by atoms with Gasteiger partial charge in [0.25, 0.3) is 5.91 Å². The maximum Gasteiger partial charge on any atom is 0.254 e. The molecule has 1 amide bonds. The van der Waals surface area contributed by atoms with E-state index in [9.17, 15) is 9.18 Å². The van der Waals surface area contributed by atoms with Crippen LogP contribution >= 0.6 is 0 Å². The number of methoxy groups -OCH3 is 2. The third-order valence-electron chi connectivity index (χ3n) is 3.71. The third-order valence-corrected chi connectivity index (χ3v) is 3.71. The first-order valence-electron chi connectivity index (χ1n) is 8.07. The van der Waals surface area contributed by atoms with Gasteiger partial charge in [0.2, 0.25) is 0 Å². The molecule has 5 nitrogen and oxygen atoms in total. The molecule has 2 aromatic carbocycles. The summed E-state index contributed by atoms with van der Waals surface area (Å²) in [6.07, 6.45) is 0. The molecule has 2 N–H and O–H groups in total. The van der Waals surface area contributed by atoms with Gasteiger partial charge in [-0.15, -0.1) is 0 Å². The molecule has 0 saturated heterocycles. The summed E-state index contributed by atoms with van der Waals surface area (Å²) in [7, 11) is 3.22. The second-order valence-corrected chi connectivity index (χ2v) is 5.42. The number of hydrogen-bond acceptors (Lipinski definition) is 4. The van der Waals surface area contributed by atoms with Crippen LogP contribution in [0, 0.1) is 5.82 Å². The highest BCUT2D eigenvalue weighted by atomic mass is 19.1. The Morgan fingerprint density at radius 2 is 1.72 bits per heavy atom. The molecule has 25 heavy (non-hydrogen) atoms. The maximum atomic E-state index is 14.3. The molecule has 0 aliphatic heterocycles. The molecule has 6 heteroatoms. The molecule has 2 aromatic rings. The van der Waals surface area contributed by atoms with E-state index >= 15 is 0 Å². The van der Waals surface area contributed by atoms with E-state index in [1.807, 2.05) is 24.3 Å². The normalized spacial score (nSPS) is 10.5. The van der Waals surface area contributed by atoms with Gasteiger partial charge < -0.3 is 20.1 Å². The van der Waals surface area contributed by atoms with E-state index in [0.29, 0.717) is 31.8 Å². The van der Waals surface area contributed by atoms with Crippen LogP contribution in [0.2, 0.25) is 0 Å². The Kier molecular flexibility index (Phi) is 7.37. The first-order valence-corrected chi connectivity index (χ1v) is 8.07. The Labute approximate surface area is 147 Å². The summed E-state index contributed by atoms with van der Waals surface area (Å²) in [5.41, 5.74) is 1.60. The third kappa shape index (κ3) is 5.55. The van der Waals surface area contributed by atoms with Crippen LogP contribution < -0.4 is 15.4 Å². The molecule has 0 fully saturated rings. The number of halogens is 1. The number of nitrogens with one attached hydrogen (secondary N) is 2. The Hall–Kier alpha value is -2.44. The molecule has 0 atom stereocenters. The van der Waals surface area contributed by atoms with Crippen molar-refractivity contribution >= 4 is 5.91 Å². The number of ether oxygens (including phenoxy) is 2. The molecular weight excluding hydrogens is 323 g/mol. The van der Waals surface area contributed by atoms with Crippen LogP contribution in [0.25, 0.3) is 11.1 Å². The van der Waals surface area contributed by atoms with E-state index < -0.39 is 11.7 Å². The minimum absolute atomic E-state index is 0.0363. The Bertz CT molecular complexity index is 690. The molecule has 0 aromatic heterocycles. The predicted molar refractivity (Wildman–Crippen MR) is 95.5 cm³/mol. The van der Waals surface area contributed by atoms with Crippen molar-refractivity contribution in [3.05, 3.63) is 53.8 Å². The highest BCUT2D eigenvalue weighted by Gasteiger charge is 2.12. The smallest absolute Gasteiger partial charge is 0.254 e. The summed E-state index contributed by atoms with van der Waals surface area (Å²) >= 11 is 0. The minimum Gasteiger partial charge on any atom is -0.497 e. The lowest BCUT2D eigenvalue weighted by atomic mass is 10.0. The lowest BCUT2D eigenvalue weighted by Gasteiger charge is -2.09. The van der Waals surface area contributed by atoms with Crippen LogP contribution in [-0.2, 0) is 4.74 Å². The summed E-state index contributed by atoms with van der Waals surface area (Å²) in [5.74, 6) is -0.232. The second kappa shape index (κ2) is 9.76. The van der Waals surface area contributed by atoms with Crippen LogP contribution in [0.4, 0.5) is 4.39 Å². The van der Waals surface area contributed by atoms with Crippen molar-refractivity contribution in [2.45, 2.75) is 0 Å². The van der Waals surface area contributed by atoms with Gasteiger partial charge in [0.1, 0.15) is 11.6 Å². The van der Waals surface area contributed by atoms with E-state index in [-0.39, 0.29) is 5.56 Å². The SMILES string of the molecule is COCCNCCNC(=O)c1ccc(-c2ccc(OC)cc2)cc1F. The van der Waals surface area contributed by atoms with E-state index in [2.05, 4.69) is 10.6 Å². The van der Waals surface area contributed by atoms with Crippen molar-refractivity contribution in [2.75, 3.05) is 40.5 Å². The van der Waals surface area contributed by atoms with E-state index in [4.69, 9.17) is 9.47 Å². The van der Waals surface area contributed by atoms with Gasteiger partial charge in [-0.3, -0.25) is 4.79 Å². The first kappa shape index (κ1) is 18.9. The molecular formula is C19H23FN2O3. The van der Waals surface area contributed by atoms with Gasteiger partial charge in [-0.2, -0.15) is 0 Å². The molecule has 0 saturated carbocycles. The largest absolute Gasteiger partial charge is 0.497 e. The quantitative estimate of drug-likeness (QED) is 0.685. The number of carbonyl (C=O) groups excluding carboxylic acids is 1. The fourth-order valence-electron chi connectivity index (χ4n) is 2.32. The highest BCUT2D eigenvalue weighted by molar-refractivity contribution is 5.95. The zero-order valence-electron chi connectivity index (χ0n) is 14.5. The van der Waals surface area contributed by atoms with Gasteiger partial charge in [-0.1, -0.05) is 18.2 Å². The van der Waals surface area contributed by atoms with Crippen molar-refractivity contribution in [2.24, 2.45) is 0 Å². The summed E-state index contributed by atoms with van der Waals surface area (Å²) in [6, 6.07) is 11.9. The molecule has 0 bridgehead atoms. The summed E-state index contributed by atoms with van der Waals surface area (Å²) in [4.78, 5) is 12.1. The second-order valence-electron chi connectivity index (χ2n) is 5.42. The van der Waals surface area contributed by atoms with Crippen LogP contribution in [0.3, 0.4) is 0 Å². The average molecular weight is 346 g/mol. The van der Waals surface area contributed by atoms with Crippen molar-refractivity contribution in [3.63, 3.8) is 0 Å². The molecule has 0 spiro atoms. The molecule has 134 valence electrons. The number of rotatable bonds is 9. The Morgan fingerprint density at radius 1 is 1.00 bits per heavy atom. The lowest BCUT2D eigenvalue weighted by molar-refractivity contribution is 0.0949. The lowest BCUT2D eigenvalue weighted by Crippen LogP contribution is -2.33. The maximum absolute atomic E-state index is 14.3. The molecule has 0 unspecified atom stereocenters. The van der Waals surface area contributed by atoms with Gasteiger partial charge in [0.05, 0.1) is 19.3 Å². The number of hydrogen-bond donors (Lipinski definition) is 2. The van der Waals surface area contributed by atoms with Crippen molar-refractivity contribution in [1.82, 2.24) is 10.6 Å². The summed E-state index contributed by atoms with van der Waals surface area (Å²) in [5, 5.41) is 5.80. The molecule has 0 radical (unpaired) electrons. The van der Waals surface area contributed by atoms with E-state index in [0.717, 1.165) is 11.3 Å². The van der Waals surface area contributed by atoms with Gasteiger partial charge in [0.15, 0.2) is 0 Å². The summed E-state index contributed by atoms with van der Waals surface area (Å²) < 4.78 is 24.3. The van der Waals surface area contributed by atoms with Crippen molar-refractivity contribution in [3.8, 4) is 16.9 Å². The van der Waals surface area contributed by atoms with Crippen molar-refractivity contribution in [1.29, 1.82) is 0 Å². The van der Waals surface area contributed by atoms with Crippen LogP contribution in [0.5, 0.6) is 5.75 Å². The van der Waals surface area contributed by atoms with Gasteiger partial charge in [0, 0.05) is 26.7 Å². The molecule has 2 rings (SSSR count). The van der Waals surface area contributed by atoms with Crippen molar-refractivity contribution < 1.29 is 18.7 Å². The number of carbonyl (C=O) groups is 1. The Balaban J connectivity index is 1.95. The van der Waals surface area contributed by atoms with Gasteiger partial charge >= 0.3 is 0 Å². The van der Waals surface area contributed by atoms with Gasteiger partial charge in [-0.25, -0.2) is 4.39 Å². The minimum atomic E-state index is -0.543. The van der Waals surface area contributed by atoms with E-state index in [1.54, 1.807) is 20.3 Å². The van der Waals surface area contributed by atoms with Crippen LogP contribution in [-0.4, -0.2) is 46.4 Å². The topological polar surface area (TPSA) is 59.6 Å². The number of benzene rings is 2. The molecule has 0 aliphatic rings. The zero-order valence-corrected chi connectivity index (χ0v) is 14.5. The summed E-state index contributed by atoms with van der Waals surface area (Å²) in [6.45, 7) is 2.33. The number of amides is 1.